The Kier molecular flexibility index (Phi) is 10.2. The van der Waals surface area contributed by atoms with Crippen molar-refractivity contribution in [3.63, 3.8) is 0 Å². The molecule has 10 nitrogen and oxygen atoms in total. The van der Waals surface area contributed by atoms with Crippen LogP contribution in [0, 0.1) is 5.41 Å². The van der Waals surface area contributed by atoms with E-state index in [2.05, 4.69) is 10.6 Å². The minimum absolute atomic E-state index is 0.0780. The highest BCUT2D eigenvalue weighted by molar-refractivity contribution is 6.04. The molecule has 3 amide bonds. The minimum atomic E-state index is -0.717. The van der Waals surface area contributed by atoms with E-state index in [1.165, 1.54) is 0 Å². The van der Waals surface area contributed by atoms with Crippen molar-refractivity contribution in [3.8, 4) is 0 Å². The quantitative estimate of drug-likeness (QED) is 0.215. The van der Waals surface area contributed by atoms with Gasteiger partial charge in [0.15, 0.2) is 0 Å². The minimum Gasteiger partial charge on any atom is -0.465 e. The largest absolute Gasteiger partial charge is 0.465 e. The predicted octanol–water partition coefficient (Wildman–Crippen LogP) is 3.74. The number of nitrogens with one attached hydrogen (secondary N) is 3. The Hall–Kier alpha value is -3.92. The maximum atomic E-state index is 12.7. The number of alkyl carbamates (subject to hydrolysis) is 1. The van der Waals surface area contributed by atoms with Crippen LogP contribution in [0.2, 0.25) is 0 Å². The molecule has 0 saturated carbocycles. The van der Waals surface area contributed by atoms with Gasteiger partial charge in [0.1, 0.15) is 24.6 Å². The lowest BCUT2D eigenvalue weighted by atomic mass is 10.1. The van der Waals surface area contributed by atoms with E-state index >= 15 is 0 Å². The van der Waals surface area contributed by atoms with E-state index in [1.54, 1.807) is 52.0 Å². The number of ether oxygens (including phenoxy) is 2. The molecule has 188 valence electrons. The number of urea groups is 1. The summed E-state index contributed by atoms with van der Waals surface area (Å²) in [7, 11) is 0. The molecular formula is C25H32N4O6. The third-order valence-electron chi connectivity index (χ3n) is 4.34. The van der Waals surface area contributed by atoms with Gasteiger partial charge in [0, 0.05) is 5.56 Å². The van der Waals surface area contributed by atoms with Gasteiger partial charge in [-0.2, -0.15) is 5.06 Å². The van der Waals surface area contributed by atoms with Crippen molar-refractivity contribution in [2.45, 2.75) is 46.4 Å². The molecule has 0 atom stereocenters. The summed E-state index contributed by atoms with van der Waals surface area (Å²) in [5.41, 5.74) is 1.36. The van der Waals surface area contributed by atoms with Crippen molar-refractivity contribution in [2.75, 3.05) is 13.2 Å². The molecule has 0 radical (unpaired) electrons. The lowest BCUT2D eigenvalue weighted by Crippen LogP contribution is -2.42. The Bertz CT molecular complexity index is 1000. The van der Waals surface area contributed by atoms with Crippen LogP contribution in [0.15, 0.2) is 54.6 Å². The van der Waals surface area contributed by atoms with Crippen LogP contribution in [-0.4, -0.2) is 47.7 Å². The zero-order valence-corrected chi connectivity index (χ0v) is 20.4. The molecule has 0 spiro atoms. The summed E-state index contributed by atoms with van der Waals surface area (Å²) in [4.78, 5) is 41.9. The monoisotopic (exact) mass is 484 g/mol. The number of hydrogen-bond donors (Lipinski definition) is 3. The smallest absolute Gasteiger partial charge is 0.413 e. The first kappa shape index (κ1) is 27.3. The second-order valence-electron chi connectivity index (χ2n) is 8.46. The normalized spacial score (nSPS) is 10.7. The zero-order chi connectivity index (χ0) is 25.8. The summed E-state index contributed by atoms with van der Waals surface area (Å²) in [5.74, 6) is -0.667. The van der Waals surface area contributed by atoms with Gasteiger partial charge < -0.3 is 14.8 Å². The third-order valence-corrected chi connectivity index (χ3v) is 4.34. The average molecular weight is 485 g/mol. The van der Waals surface area contributed by atoms with Crippen LogP contribution in [0.5, 0.6) is 0 Å². The second kappa shape index (κ2) is 13.1. The predicted molar refractivity (Wildman–Crippen MR) is 129 cm³/mol. The number of hydroxylamine groups is 2. The van der Waals surface area contributed by atoms with Gasteiger partial charge in [-0.25, -0.2) is 9.59 Å². The van der Waals surface area contributed by atoms with Crippen LogP contribution in [0.4, 0.5) is 9.59 Å². The number of esters is 1. The fourth-order valence-corrected chi connectivity index (χ4v) is 2.77. The molecular weight excluding hydrogens is 452 g/mol. The Morgan fingerprint density at radius 1 is 0.971 bits per heavy atom. The van der Waals surface area contributed by atoms with E-state index in [9.17, 15) is 14.4 Å². The molecule has 2 aromatic rings. The molecule has 0 aliphatic carbocycles. The van der Waals surface area contributed by atoms with Crippen molar-refractivity contribution >= 4 is 23.9 Å². The summed E-state index contributed by atoms with van der Waals surface area (Å²) in [6.07, 6.45) is -0.717. The van der Waals surface area contributed by atoms with Crippen molar-refractivity contribution < 1.29 is 28.7 Å². The third kappa shape index (κ3) is 10.3. The number of carbonyl (C=O) groups is 3. The number of benzene rings is 2. The summed E-state index contributed by atoms with van der Waals surface area (Å²) in [5, 5.41) is 14.1. The van der Waals surface area contributed by atoms with Gasteiger partial charge in [-0.15, -0.1) is 0 Å². The highest BCUT2D eigenvalue weighted by Crippen LogP contribution is 2.12. The van der Waals surface area contributed by atoms with Gasteiger partial charge in [0.2, 0.25) is 0 Å². The summed E-state index contributed by atoms with van der Waals surface area (Å²) in [6, 6.07) is 15.4. The van der Waals surface area contributed by atoms with Crippen LogP contribution in [0.1, 0.15) is 44.4 Å². The average Bonchev–Trinajstić information content (AvgIpc) is 2.80. The van der Waals surface area contributed by atoms with E-state index < -0.39 is 23.7 Å². The number of nitrogens with zero attached hydrogens (tertiary/aromatic N) is 1. The fraction of sp³-hybridized carbons (Fsp3) is 0.360. The standard InChI is InChI=1S/C25H32N4O6/c1-5-33-21(30)15-27-23(31)29(34-17-19-9-7-6-8-10-19)16-18-11-13-20(14-12-18)22(26)28-24(32)35-25(2,3)4/h6-14H,5,15-17H2,1-4H3,(H,27,31)(H2,26,28,32). The first-order valence-electron chi connectivity index (χ1n) is 11.1. The fourth-order valence-electron chi connectivity index (χ4n) is 2.77. The number of amides is 3. The number of hydrogen-bond acceptors (Lipinski definition) is 7. The molecule has 0 aromatic heterocycles. The molecule has 35 heavy (non-hydrogen) atoms. The lowest BCUT2D eigenvalue weighted by molar-refractivity contribution is -0.144. The highest BCUT2D eigenvalue weighted by atomic mass is 16.7. The molecule has 10 heteroatoms. The SMILES string of the molecule is CCOC(=O)CNC(=O)N(Cc1ccc(C(=N)NC(=O)OC(C)(C)C)cc1)OCc1ccccc1. The Morgan fingerprint density at radius 2 is 1.63 bits per heavy atom. The van der Waals surface area contributed by atoms with Gasteiger partial charge in [-0.1, -0.05) is 54.6 Å². The highest BCUT2D eigenvalue weighted by Gasteiger charge is 2.19. The van der Waals surface area contributed by atoms with Gasteiger partial charge >= 0.3 is 18.1 Å². The Morgan fingerprint density at radius 3 is 2.23 bits per heavy atom. The molecule has 0 bridgehead atoms. The molecule has 0 fully saturated rings. The maximum Gasteiger partial charge on any atom is 0.413 e. The summed E-state index contributed by atoms with van der Waals surface area (Å²) >= 11 is 0. The number of carbonyl (C=O) groups excluding carboxylic acids is 3. The van der Waals surface area contributed by atoms with Crippen molar-refractivity contribution in [1.29, 1.82) is 5.41 Å². The van der Waals surface area contributed by atoms with E-state index in [4.69, 9.17) is 19.7 Å². The van der Waals surface area contributed by atoms with Crippen molar-refractivity contribution in [3.05, 3.63) is 71.3 Å². The van der Waals surface area contributed by atoms with Gasteiger partial charge in [-0.05, 0) is 38.8 Å². The molecule has 0 aliphatic rings. The molecule has 2 aromatic carbocycles. The van der Waals surface area contributed by atoms with Crippen LogP contribution in [0.25, 0.3) is 0 Å². The van der Waals surface area contributed by atoms with Crippen LogP contribution in [-0.2, 0) is 32.3 Å². The van der Waals surface area contributed by atoms with Gasteiger partial charge in [0.25, 0.3) is 0 Å². The van der Waals surface area contributed by atoms with E-state index in [-0.39, 0.29) is 32.1 Å². The Balaban J connectivity index is 2.04. The number of rotatable bonds is 9. The maximum absolute atomic E-state index is 12.7. The molecule has 2 rings (SSSR count). The first-order chi connectivity index (χ1) is 16.6. The molecule has 0 heterocycles. The Labute approximate surface area is 205 Å². The molecule has 0 unspecified atom stereocenters. The molecule has 0 saturated heterocycles. The van der Waals surface area contributed by atoms with Crippen molar-refractivity contribution in [2.24, 2.45) is 0 Å². The zero-order valence-electron chi connectivity index (χ0n) is 20.4. The van der Waals surface area contributed by atoms with E-state index in [0.717, 1.165) is 10.6 Å². The van der Waals surface area contributed by atoms with Crippen molar-refractivity contribution in [1.82, 2.24) is 15.7 Å². The van der Waals surface area contributed by atoms with Crippen LogP contribution in [0.3, 0.4) is 0 Å². The molecule has 0 aliphatic heterocycles. The van der Waals surface area contributed by atoms with Gasteiger partial charge in [0.05, 0.1) is 13.2 Å². The number of amidine groups is 1. The molecule has 3 N–H and O–H groups in total. The van der Waals surface area contributed by atoms with Crippen LogP contribution < -0.4 is 10.6 Å². The summed E-state index contributed by atoms with van der Waals surface area (Å²) in [6.45, 7) is 7.04. The van der Waals surface area contributed by atoms with E-state index in [1.807, 2.05) is 30.3 Å². The summed E-state index contributed by atoms with van der Waals surface area (Å²) < 4.78 is 10.00. The van der Waals surface area contributed by atoms with E-state index in [0.29, 0.717) is 11.1 Å². The first-order valence-corrected chi connectivity index (χ1v) is 11.1. The lowest BCUT2D eigenvalue weighted by Gasteiger charge is -2.22. The topological polar surface area (TPSA) is 130 Å². The van der Waals surface area contributed by atoms with Crippen LogP contribution >= 0.6 is 0 Å². The second-order valence-corrected chi connectivity index (χ2v) is 8.46. The van der Waals surface area contributed by atoms with Gasteiger partial charge in [-0.3, -0.25) is 20.4 Å².